The lowest BCUT2D eigenvalue weighted by atomic mass is 9.90. The van der Waals surface area contributed by atoms with Crippen LogP contribution < -0.4 is 10.1 Å². The fourth-order valence-electron chi connectivity index (χ4n) is 2.18. The van der Waals surface area contributed by atoms with Crippen molar-refractivity contribution in [2.75, 3.05) is 19.7 Å². The summed E-state index contributed by atoms with van der Waals surface area (Å²) < 4.78 is 41.0. The second kappa shape index (κ2) is 5.61. The van der Waals surface area contributed by atoms with Crippen molar-refractivity contribution < 1.29 is 17.9 Å². The van der Waals surface area contributed by atoms with Crippen LogP contribution in [0, 0.1) is 0 Å². The van der Waals surface area contributed by atoms with Gasteiger partial charge in [-0.1, -0.05) is 12.1 Å². The Hall–Kier alpha value is -1.23. The lowest BCUT2D eigenvalue weighted by molar-refractivity contribution is -0.153. The van der Waals surface area contributed by atoms with E-state index in [-0.39, 0.29) is 0 Å². The Morgan fingerprint density at radius 2 is 1.94 bits per heavy atom. The minimum absolute atomic E-state index is 0.295. The molecule has 2 rings (SSSR count). The minimum Gasteiger partial charge on any atom is -0.484 e. The van der Waals surface area contributed by atoms with Gasteiger partial charge in [0.2, 0.25) is 0 Å². The average Bonchev–Trinajstić information content (AvgIpc) is 2.37. The van der Waals surface area contributed by atoms with Crippen LogP contribution in [0.4, 0.5) is 13.2 Å². The molecular weight excluding hydrogens is 243 g/mol. The highest BCUT2D eigenvalue weighted by Gasteiger charge is 2.28. The van der Waals surface area contributed by atoms with Crippen molar-refractivity contribution in [2.45, 2.75) is 24.9 Å². The molecule has 0 radical (unpaired) electrons. The number of hydrogen-bond acceptors (Lipinski definition) is 2. The van der Waals surface area contributed by atoms with Crippen LogP contribution in [0.15, 0.2) is 24.3 Å². The van der Waals surface area contributed by atoms with Gasteiger partial charge in [-0.15, -0.1) is 0 Å². The molecule has 0 aliphatic carbocycles. The molecule has 1 aliphatic rings. The number of hydrogen-bond donors (Lipinski definition) is 1. The summed E-state index contributed by atoms with van der Waals surface area (Å²) in [6.45, 7) is 0.680. The maximum absolute atomic E-state index is 12.1. The molecule has 1 saturated heterocycles. The summed E-state index contributed by atoms with van der Waals surface area (Å²) in [4.78, 5) is 0. The van der Waals surface area contributed by atoms with Gasteiger partial charge in [-0.25, -0.2) is 0 Å². The monoisotopic (exact) mass is 259 g/mol. The molecule has 0 bridgehead atoms. The van der Waals surface area contributed by atoms with Crippen LogP contribution >= 0.6 is 0 Å². The molecule has 2 nitrogen and oxygen atoms in total. The van der Waals surface area contributed by atoms with Crippen molar-refractivity contribution in [3.05, 3.63) is 29.8 Å². The Labute approximate surface area is 104 Å². The molecule has 0 aromatic heterocycles. The third kappa shape index (κ3) is 3.91. The van der Waals surface area contributed by atoms with Crippen molar-refractivity contribution in [3.63, 3.8) is 0 Å². The quantitative estimate of drug-likeness (QED) is 0.900. The second-order valence-electron chi connectivity index (χ2n) is 4.50. The van der Waals surface area contributed by atoms with Gasteiger partial charge in [0, 0.05) is 0 Å². The molecular formula is C13H16F3NO. The Kier molecular flexibility index (Phi) is 4.11. The first kappa shape index (κ1) is 13.2. The van der Waals surface area contributed by atoms with Crippen LogP contribution in [-0.2, 0) is 0 Å². The number of halogens is 3. The highest BCUT2D eigenvalue weighted by atomic mass is 19.4. The van der Waals surface area contributed by atoms with E-state index in [4.69, 9.17) is 4.74 Å². The zero-order valence-electron chi connectivity index (χ0n) is 9.96. The van der Waals surface area contributed by atoms with Crippen LogP contribution in [0.1, 0.15) is 24.3 Å². The lowest BCUT2D eigenvalue weighted by Gasteiger charge is -2.23. The van der Waals surface area contributed by atoms with Gasteiger partial charge in [0.25, 0.3) is 0 Å². The predicted molar refractivity (Wildman–Crippen MR) is 62.8 cm³/mol. The van der Waals surface area contributed by atoms with E-state index in [0.717, 1.165) is 31.5 Å². The number of alkyl halides is 3. The van der Waals surface area contributed by atoms with Crippen LogP contribution in [-0.4, -0.2) is 25.9 Å². The summed E-state index contributed by atoms with van der Waals surface area (Å²) in [7, 11) is 0. The summed E-state index contributed by atoms with van der Waals surface area (Å²) in [5.41, 5.74) is 1.07. The summed E-state index contributed by atoms with van der Waals surface area (Å²) >= 11 is 0. The van der Waals surface area contributed by atoms with Gasteiger partial charge in [0.1, 0.15) is 5.75 Å². The Balaban J connectivity index is 2.00. The molecule has 0 atom stereocenters. The van der Waals surface area contributed by atoms with E-state index in [9.17, 15) is 13.2 Å². The van der Waals surface area contributed by atoms with E-state index in [2.05, 4.69) is 5.32 Å². The van der Waals surface area contributed by atoms with E-state index in [1.54, 1.807) is 18.2 Å². The third-order valence-electron chi connectivity index (χ3n) is 3.07. The smallest absolute Gasteiger partial charge is 0.422 e. The standard InChI is InChI=1S/C13H16F3NO/c14-13(15,16)9-18-12-3-1-2-11(8-12)10-4-6-17-7-5-10/h1-3,8,10,17H,4-7,9H2. The van der Waals surface area contributed by atoms with Gasteiger partial charge < -0.3 is 10.1 Å². The van der Waals surface area contributed by atoms with E-state index >= 15 is 0 Å². The lowest BCUT2D eigenvalue weighted by Crippen LogP contribution is -2.26. The number of ether oxygens (including phenoxy) is 1. The van der Waals surface area contributed by atoms with Crippen molar-refractivity contribution in [2.24, 2.45) is 0 Å². The molecule has 0 unspecified atom stereocenters. The molecule has 18 heavy (non-hydrogen) atoms. The highest BCUT2D eigenvalue weighted by Crippen LogP contribution is 2.28. The zero-order chi connectivity index (χ0) is 13.0. The van der Waals surface area contributed by atoms with Crippen molar-refractivity contribution >= 4 is 0 Å². The van der Waals surface area contributed by atoms with Crippen LogP contribution in [0.5, 0.6) is 5.75 Å². The maximum atomic E-state index is 12.1. The summed E-state index contributed by atoms with van der Waals surface area (Å²) in [5, 5.41) is 3.26. The Bertz CT molecular complexity index is 386. The SMILES string of the molecule is FC(F)(F)COc1cccc(C2CCNCC2)c1. The van der Waals surface area contributed by atoms with Gasteiger partial charge in [0.05, 0.1) is 0 Å². The van der Waals surface area contributed by atoms with Crippen molar-refractivity contribution in [1.29, 1.82) is 0 Å². The predicted octanol–water partition coefficient (Wildman–Crippen LogP) is 3.09. The highest BCUT2D eigenvalue weighted by molar-refractivity contribution is 5.31. The van der Waals surface area contributed by atoms with E-state index in [0.29, 0.717) is 11.7 Å². The first-order valence-electron chi connectivity index (χ1n) is 6.05. The largest absolute Gasteiger partial charge is 0.484 e. The van der Waals surface area contributed by atoms with Gasteiger partial charge in [-0.05, 0) is 49.5 Å². The minimum atomic E-state index is -4.29. The van der Waals surface area contributed by atoms with Gasteiger partial charge in [0.15, 0.2) is 6.61 Å². The van der Waals surface area contributed by atoms with E-state index < -0.39 is 12.8 Å². The topological polar surface area (TPSA) is 21.3 Å². The number of benzene rings is 1. The van der Waals surface area contributed by atoms with Gasteiger partial charge in [-0.2, -0.15) is 13.2 Å². The summed E-state index contributed by atoms with van der Waals surface area (Å²) in [5.74, 6) is 0.712. The van der Waals surface area contributed by atoms with Gasteiger partial charge >= 0.3 is 6.18 Å². The van der Waals surface area contributed by atoms with Crippen LogP contribution in [0.3, 0.4) is 0 Å². The molecule has 0 amide bonds. The van der Waals surface area contributed by atoms with E-state index in [1.807, 2.05) is 6.07 Å². The molecule has 100 valence electrons. The Morgan fingerprint density at radius 3 is 2.61 bits per heavy atom. The summed E-state index contributed by atoms with van der Waals surface area (Å²) in [6, 6.07) is 7.00. The summed E-state index contributed by atoms with van der Waals surface area (Å²) in [6.07, 6.45) is -2.25. The fourth-order valence-corrected chi connectivity index (χ4v) is 2.18. The van der Waals surface area contributed by atoms with Crippen molar-refractivity contribution in [1.82, 2.24) is 5.32 Å². The number of nitrogens with one attached hydrogen (secondary N) is 1. The molecule has 1 heterocycles. The molecule has 1 N–H and O–H groups in total. The van der Waals surface area contributed by atoms with Crippen LogP contribution in [0.2, 0.25) is 0 Å². The van der Waals surface area contributed by atoms with Crippen LogP contribution in [0.25, 0.3) is 0 Å². The fraction of sp³-hybridized carbons (Fsp3) is 0.538. The third-order valence-corrected chi connectivity index (χ3v) is 3.07. The molecule has 0 spiro atoms. The first-order chi connectivity index (χ1) is 8.54. The molecule has 1 fully saturated rings. The average molecular weight is 259 g/mol. The molecule has 5 heteroatoms. The number of piperidine rings is 1. The van der Waals surface area contributed by atoms with E-state index in [1.165, 1.54) is 0 Å². The molecule has 1 aromatic carbocycles. The second-order valence-corrected chi connectivity index (χ2v) is 4.50. The van der Waals surface area contributed by atoms with Crippen molar-refractivity contribution in [3.8, 4) is 5.75 Å². The molecule has 0 saturated carbocycles. The molecule has 1 aromatic rings. The molecule has 1 aliphatic heterocycles. The normalized spacial score (nSPS) is 17.7. The van der Waals surface area contributed by atoms with Gasteiger partial charge in [-0.3, -0.25) is 0 Å². The zero-order valence-corrected chi connectivity index (χ0v) is 9.96. The first-order valence-corrected chi connectivity index (χ1v) is 6.05. The number of rotatable bonds is 3. The Morgan fingerprint density at radius 1 is 1.22 bits per heavy atom. The maximum Gasteiger partial charge on any atom is 0.422 e.